The van der Waals surface area contributed by atoms with E-state index in [1.807, 2.05) is 33.8 Å². The van der Waals surface area contributed by atoms with Crippen LogP contribution in [-0.2, 0) is 17.9 Å². The van der Waals surface area contributed by atoms with E-state index in [1.165, 1.54) is 5.56 Å². The molecule has 0 aliphatic carbocycles. The third kappa shape index (κ3) is 4.08. The van der Waals surface area contributed by atoms with Crippen LogP contribution in [0.2, 0.25) is 0 Å². The Balaban J connectivity index is 1.83. The summed E-state index contributed by atoms with van der Waals surface area (Å²) in [5.41, 5.74) is 2.38. The summed E-state index contributed by atoms with van der Waals surface area (Å²) < 4.78 is 16.1. The Hall–Kier alpha value is -0.840. The van der Waals surface area contributed by atoms with Crippen LogP contribution in [0.15, 0.2) is 34.7 Å². The second kappa shape index (κ2) is 6.29. The van der Waals surface area contributed by atoms with Gasteiger partial charge in [-0.05, 0) is 33.3 Å². The Morgan fingerprint density at radius 3 is 2.45 bits per heavy atom. The highest BCUT2D eigenvalue weighted by molar-refractivity contribution is 7.91. The van der Waals surface area contributed by atoms with Crippen molar-refractivity contribution in [2.45, 2.75) is 39.0 Å². The summed E-state index contributed by atoms with van der Waals surface area (Å²) in [4.78, 5) is 2.40. The van der Waals surface area contributed by atoms with E-state index < -0.39 is 11.4 Å². The molecule has 1 aromatic rings. The fraction of sp³-hybridized carbons (Fsp3) is 0.562. The van der Waals surface area contributed by atoms with Gasteiger partial charge in [-0.2, -0.15) is 0 Å². The lowest BCUT2D eigenvalue weighted by molar-refractivity contribution is 0.133. The predicted octanol–water partition coefficient (Wildman–Crippen LogP) is 3.04. The van der Waals surface area contributed by atoms with Crippen molar-refractivity contribution >= 4 is 17.1 Å². The maximum Gasteiger partial charge on any atom is 0.144 e. The largest absolute Gasteiger partial charge is 0.591 e. The van der Waals surface area contributed by atoms with Gasteiger partial charge in [0.25, 0.3) is 0 Å². The van der Waals surface area contributed by atoms with Crippen LogP contribution in [0, 0.1) is 5.92 Å². The molecule has 2 rings (SSSR count). The number of hydrogen-bond donors (Lipinski definition) is 0. The van der Waals surface area contributed by atoms with E-state index in [-0.39, 0.29) is 4.75 Å². The molecule has 1 fully saturated rings. The standard InChI is InChI=1S/C16H24N2OS/c1-13(17-20(19)16(2,3)4)15-11-18(12-15)10-14-8-6-5-7-9-14/h5-9,15H,10-12H2,1-4H3. The Labute approximate surface area is 125 Å². The van der Waals surface area contributed by atoms with Gasteiger partial charge in [0.15, 0.2) is 0 Å². The molecular formula is C16H24N2OS. The van der Waals surface area contributed by atoms with Crippen LogP contribution in [0.5, 0.6) is 0 Å². The second-order valence-corrected chi connectivity index (χ2v) is 8.38. The van der Waals surface area contributed by atoms with Crippen molar-refractivity contribution in [3.8, 4) is 0 Å². The highest BCUT2D eigenvalue weighted by atomic mass is 32.2. The Morgan fingerprint density at radius 2 is 1.90 bits per heavy atom. The average molecular weight is 292 g/mol. The lowest BCUT2D eigenvalue weighted by Gasteiger charge is -2.39. The Kier molecular flexibility index (Phi) is 4.89. The van der Waals surface area contributed by atoms with Gasteiger partial charge in [-0.15, -0.1) is 0 Å². The Bertz CT molecular complexity index is 461. The summed E-state index contributed by atoms with van der Waals surface area (Å²) in [6.45, 7) is 10.9. The van der Waals surface area contributed by atoms with Crippen LogP contribution in [0.1, 0.15) is 33.3 Å². The first-order valence-electron chi connectivity index (χ1n) is 7.10. The minimum atomic E-state index is -1.14. The van der Waals surface area contributed by atoms with Crippen molar-refractivity contribution in [3.05, 3.63) is 35.9 Å². The van der Waals surface area contributed by atoms with Crippen molar-refractivity contribution in [2.75, 3.05) is 13.1 Å². The topological polar surface area (TPSA) is 38.7 Å². The monoisotopic (exact) mass is 292 g/mol. The molecule has 4 heteroatoms. The summed E-state index contributed by atoms with van der Waals surface area (Å²) in [5.74, 6) is 0.463. The van der Waals surface area contributed by atoms with Gasteiger partial charge in [0.1, 0.15) is 16.1 Å². The number of benzene rings is 1. The van der Waals surface area contributed by atoms with Crippen molar-refractivity contribution in [1.29, 1.82) is 0 Å². The number of rotatable bonds is 4. The summed E-state index contributed by atoms with van der Waals surface area (Å²) in [5, 5.41) is 0. The number of nitrogens with zero attached hydrogens (tertiary/aromatic N) is 2. The van der Waals surface area contributed by atoms with Crippen LogP contribution >= 0.6 is 0 Å². The molecule has 0 amide bonds. The molecule has 0 radical (unpaired) electrons. The highest BCUT2D eigenvalue weighted by Crippen LogP contribution is 2.23. The molecule has 0 aromatic heterocycles. The van der Waals surface area contributed by atoms with Gasteiger partial charge in [-0.3, -0.25) is 4.90 Å². The summed E-state index contributed by atoms with van der Waals surface area (Å²) in [6, 6.07) is 10.5. The van der Waals surface area contributed by atoms with Crippen molar-refractivity contribution in [2.24, 2.45) is 10.3 Å². The minimum Gasteiger partial charge on any atom is -0.591 e. The van der Waals surface area contributed by atoms with Gasteiger partial charge in [0.2, 0.25) is 0 Å². The zero-order chi connectivity index (χ0) is 14.8. The fourth-order valence-corrected chi connectivity index (χ4v) is 2.83. The molecule has 0 saturated carbocycles. The van der Waals surface area contributed by atoms with Crippen molar-refractivity contribution < 1.29 is 4.55 Å². The van der Waals surface area contributed by atoms with Crippen LogP contribution in [0.3, 0.4) is 0 Å². The van der Waals surface area contributed by atoms with Gasteiger partial charge in [0.05, 0.1) is 5.71 Å². The van der Waals surface area contributed by atoms with Gasteiger partial charge < -0.3 is 4.55 Å². The smallest absolute Gasteiger partial charge is 0.144 e. The van der Waals surface area contributed by atoms with E-state index in [0.717, 1.165) is 25.3 Å². The van der Waals surface area contributed by atoms with E-state index in [1.54, 1.807) is 0 Å². The molecule has 1 aliphatic rings. The zero-order valence-electron chi connectivity index (χ0n) is 12.8. The molecule has 1 heterocycles. The van der Waals surface area contributed by atoms with Crippen LogP contribution in [0.25, 0.3) is 0 Å². The minimum absolute atomic E-state index is 0.269. The third-order valence-electron chi connectivity index (χ3n) is 3.55. The Morgan fingerprint density at radius 1 is 1.30 bits per heavy atom. The first kappa shape index (κ1) is 15.5. The normalized spacial score (nSPS) is 19.8. The maximum absolute atomic E-state index is 12.0. The van der Waals surface area contributed by atoms with E-state index >= 15 is 0 Å². The van der Waals surface area contributed by atoms with Gasteiger partial charge in [-0.1, -0.05) is 34.7 Å². The molecule has 110 valence electrons. The quantitative estimate of drug-likeness (QED) is 0.632. The molecule has 1 aromatic carbocycles. The molecule has 3 nitrogen and oxygen atoms in total. The maximum atomic E-state index is 12.0. The molecule has 0 bridgehead atoms. The van der Waals surface area contributed by atoms with E-state index in [2.05, 4.69) is 33.6 Å². The summed E-state index contributed by atoms with van der Waals surface area (Å²) >= 11 is -1.14. The van der Waals surface area contributed by atoms with Crippen molar-refractivity contribution in [3.63, 3.8) is 0 Å². The molecular weight excluding hydrogens is 268 g/mol. The molecule has 20 heavy (non-hydrogen) atoms. The van der Waals surface area contributed by atoms with Crippen LogP contribution in [0.4, 0.5) is 0 Å². The molecule has 1 atom stereocenters. The second-order valence-electron chi connectivity index (χ2n) is 6.47. The average Bonchev–Trinajstić information content (AvgIpc) is 2.33. The van der Waals surface area contributed by atoms with Crippen molar-refractivity contribution in [1.82, 2.24) is 4.90 Å². The van der Waals surface area contributed by atoms with E-state index in [9.17, 15) is 4.55 Å². The van der Waals surface area contributed by atoms with E-state index in [0.29, 0.717) is 5.92 Å². The lowest BCUT2D eigenvalue weighted by Crippen LogP contribution is -2.49. The SMILES string of the molecule is CC(=N[S+]([O-])C(C)(C)C)C1CN(Cc2ccccc2)C1. The zero-order valence-corrected chi connectivity index (χ0v) is 13.6. The lowest BCUT2D eigenvalue weighted by atomic mass is 9.95. The van der Waals surface area contributed by atoms with Gasteiger partial charge >= 0.3 is 0 Å². The third-order valence-corrected chi connectivity index (χ3v) is 5.05. The number of likely N-dealkylation sites (tertiary alicyclic amines) is 1. The fourth-order valence-electron chi connectivity index (χ4n) is 2.15. The van der Waals surface area contributed by atoms with E-state index in [4.69, 9.17) is 0 Å². The first-order valence-corrected chi connectivity index (χ1v) is 8.20. The summed E-state index contributed by atoms with van der Waals surface area (Å²) in [7, 11) is 0. The molecule has 1 saturated heterocycles. The van der Waals surface area contributed by atoms with Gasteiger partial charge in [-0.25, -0.2) is 0 Å². The molecule has 0 spiro atoms. The summed E-state index contributed by atoms with van der Waals surface area (Å²) in [6.07, 6.45) is 0. The highest BCUT2D eigenvalue weighted by Gasteiger charge is 2.32. The number of hydrogen-bond acceptors (Lipinski definition) is 3. The first-order chi connectivity index (χ1) is 9.36. The molecule has 1 unspecified atom stereocenters. The molecule has 0 N–H and O–H groups in total. The molecule has 1 aliphatic heterocycles. The van der Waals surface area contributed by atoms with Crippen LogP contribution < -0.4 is 0 Å². The predicted molar refractivity (Wildman–Crippen MR) is 86.2 cm³/mol. The van der Waals surface area contributed by atoms with Crippen LogP contribution in [-0.4, -0.2) is 33.0 Å². The van der Waals surface area contributed by atoms with Gasteiger partial charge in [0, 0.05) is 25.6 Å².